The molecular formula is C14H20N2O. The number of hydrogen-bond acceptors (Lipinski definition) is 3. The quantitative estimate of drug-likeness (QED) is 0.798. The first-order valence-corrected chi connectivity index (χ1v) is 6.50. The molecular weight excluding hydrogens is 212 g/mol. The van der Waals surface area contributed by atoms with E-state index in [2.05, 4.69) is 41.4 Å². The normalized spacial score (nSPS) is 29.5. The highest BCUT2D eigenvalue weighted by Crippen LogP contribution is 2.24. The van der Waals surface area contributed by atoms with E-state index >= 15 is 0 Å². The third-order valence-electron chi connectivity index (χ3n) is 3.79. The topological polar surface area (TPSA) is 24.5 Å². The van der Waals surface area contributed by atoms with Gasteiger partial charge in [0, 0.05) is 31.4 Å². The Kier molecular flexibility index (Phi) is 3.04. The molecule has 1 aromatic rings. The molecule has 1 fully saturated rings. The minimum atomic E-state index is 0.376. The van der Waals surface area contributed by atoms with Gasteiger partial charge in [-0.2, -0.15) is 0 Å². The second-order valence-corrected chi connectivity index (χ2v) is 5.07. The molecule has 2 unspecified atom stereocenters. The average Bonchev–Trinajstić information content (AvgIpc) is 2.38. The zero-order chi connectivity index (χ0) is 11.7. The Labute approximate surface area is 103 Å². The lowest BCUT2D eigenvalue weighted by molar-refractivity contribution is -0.0324. The van der Waals surface area contributed by atoms with Crippen molar-refractivity contribution in [3.05, 3.63) is 29.8 Å². The van der Waals surface area contributed by atoms with E-state index in [1.54, 1.807) is 0 Å². The maximum atomic E-state index is 5.61. The smallest absolute Gasteiger partial charge is 0.0674 e. The summed E-state index contributed by atoms with van der Waals surface area (Å²) >= 11 is 0. The van der Waals surface area contributed by atoms with Crippen LogP contribution in [0.4, 0.5) is 5.69 Å². The zero-order valence-electron chi connectivity index (χ0n) is 10.4. The Morgan fingerprint density at radius 1 is 1.35 bits per heavy atom. The van der Waals surface area contributed by atoms with Gasteiger partial charge in [-0.05, 0) is 25.0 Å². The second-order valence-electron chi connectivity index (χ2n) is 5.07. The first-order chi connectivity index (χ1) is 8.33. The predicted octanol–water partition coefficient (Wildman–Crippen LogP) is 1.74. The van der Waals surface area contributed by atoms with Crippen LogP contribution in [-0.2, 0) is 11.2 Å². The Morgan fingerprint density at radius 2 is 2.24 bits per heavy atom. The number of morpholine rings is 1. The summed E-state index contributed by atoms with van der Waals surface area (Å²) in [4.78, 5) is 2.57. The highest BCUT2D eigenvalue weighted by atomic mass is 16.5. The number of nitrogens with one attached hydrogen (secondary N) is 1. The second kappa shape index (κ2) is 4.67. The fourth-order valence-corrected chi connectivity index (χ4v) is 2.86. The molecule has 2 aliphatic rings. The van der Waals surface area contributed by atoms with Crippen molar-refractivity contribution >= 4 is 5.69 Å². The maximum Gasteiger partial charge on any atom is 0.0674 e. The van der Waals surface area contributed by atoms with Gasteiger partial charge in [-0.3, -0.25) is 4.90 Å². The number of fused-ring (bicyclic) bond motifs is 1. The molecule has 92 valence electrons. The van der Waals surface area contributed by atoms with Crippen LogP contribution in [0.2, 0.25) is 0 Å². The van der Waals surface area contributed by atoms with Crippen molar-refractivity contribution in [3.63, 3.8) is 0 Å². The van der Waals surface area contributed by atoms with Gasteiger partial charge in [-0.25, -0.2) is 0 Å². The summed E-state index contributed by atoms with van der Waals surface area (Å²) in [5.41, 5.74) is 2.76. The number of benzene rings is 1. The molecule has 1 aromatic carbocycles. The van der Waals surface area contributed by atoms with Gasteiger partial charge in [0.25, 0.3) is 0 Å². The summed E-state index contributed by atoms with van der Waals surface area (Å²) in [5, 5.41) is 3.54. The van der Waals surface area contributed by atoms with Crippen LogP contribution < -0.4 is 5.32 Å². The maximum absolute atomic E-state index is 5.61. The number of hydrogen-bond donors (Lipinski definition) is 1. The van der Waals surface area contributed by atoms with Gasteiger partial charge in [0.1, 0.15) is 0 Å². The number of anilines is 1. The zero-order valence-corrected chi connectivity index (χ0v) is 10.4. The van der Waals surface area contributed by atoms with Crippen LogP contribution in [0.1, 0.15) is 12.5 Å². The molecule has 1 N–H and O–H groups in total. The van der Waals surface area contributed by atoms with Crippen molar-refractivity contribution in [2.75, 3.05) is 31.6 Å². The van der Waals surface area contributed by atoms with E-state index in [0.29, 0.717) is 12.1 Å². The van der Waals surface area contributed by atoms with Crippen LogP contribution in [0.25, 0.3) is 0 Å². The first-order valence-electron chi connectivity index (χ1n) is 6.50. The summed E-state index contributed by atoms with van der Waals surface area (Å²) in [6.07, 6.45) is 1.54. The Bertz CT molecular complexity index is 394. The minimum absolute atomic E-state index is 0.376. The molecule has 2 atom stereocenters. The highest BCUT2D eigenvalue weighted by Gasteiger charge is 2.27. The minimum Gasteiger partial charge on any atom is -0.383 e. The largest absolute Gasteiger partial charge is 0.383 e. The lowest BCUT2D eigenvalue weighted by Crippen LogP contribution is -2.51. The first kappa shape index (κ1) is 11.1. The van der Waals surface area contributed by atoms with Crippen LogP contribution >= 0.6 is 0 Å². The lowest BCUT2D eigenvalue weighted by Gasteiger charge is -2.39. The van der Waals surface area contributed by atoms with Crippen LogP contribution in [0.3, 0.4) is 0 Å². The Hall–Kier alpha value is -1.06. The molecule has 2 heterocycles. The lowest BCUT2D eigenvalue weighted by atomic mass is 9.98. The molecule has 3 rings (SSSR count). The van der Waals surface area contributed by atoms with Crippen LogP contribution in [0.15, 0.2) is 24.3 Å². The number of rotatable bonds is 1. The van der Waals surface area contributed by atoms with Gasteiger partial charge >= 0.3 is 0 Å². The van der Waals surface area contributed by atoms with Gasteiger partial charge in [-0.15, -0.1) is 0 Å². The molecule has 3 heteroatoms. The standard InChI is InChI=1S/C14H20N2O/c1-11-10-16(6-7-17-11)13-8-12-4-2-3-5-14(12)15-9-13/h2-5,11,13,15H,6-10H2,1H3. The summed E-state index contributed by atoms with van der Waals surface area (Å²) in [7, 11) is 0. The van der Waals surface area contributed by atoms with Crippen molar-refractivity contribution < 1.29 is 4.74 Å². The molecule has 0 amide bonds. The van der Waals surface area contributed by atoms with Gasteiger partial charge in [0.2, 0.25) is 0 Å². The number of para-hydroxylation sites is 1. The third kappa shape index (κ3) is 2.31. The van der Waals surface area contributed by atoms with Crippen LogP contribution in [-0.4, -0.2) is 43.3 Å². The van der Waals surface area contributed by atoms with E-state index in [1.807, 2.05) is 0 Å². The van der Waals surface area contributed by atoms with Crippen molar-refractivity contribution in [2.24, 2.45) is 0 Å². The summed E-state index contributed by atoms with van der Waals surface area (Å²) in [5.74, 6) is 0. The van der Waals surface area contributed by atoms with E-state index < -0.39 is 0 Å². The molecule has 0 aromatic heterocycles. The molecule has 2 aliphatic heterocycles. The molecule has 0 radical (unpaired) electrons. The van der Waals surface area contributed by atoms with E-state index in [-0.39, 0.29) is 0 Å². The Morgan fingerprint density at radius 3 is 3.12 bits per heavy atom. The molecule has 0 aliphatic carbocycles. The van der Waals surface area contributed by atoms with Gasteiger partial charge < -0.3 is 10.1 Å². The summed E-state index contributed by atoms with van der Waals surface area (Å²) < 4.78 is 5.61. The van der Waals surface area contributed by atoms with E-state index in [0.717, 1.165) is 32.7 Å². The van der Waals surface area contributed by atoms with Crippen molar-refractivity contribution in [2.45, 2.75) is 25.5 Å². The van der Waals surface area contributed by atoms with Crippen molar-refractivity contribution in [1.29, 1.82) is 0 Å². The van der Waals surface area contributed by atoms with Crippen molar-refractivity contribution in [1.82, 2.24) is 4.90 Å². The molecule has 17 heavy (non-hydrogen) atoms. The predicted molar refractivity (Wildman–Crippen MR) is 69.4 cm³/mol. The molecule has 0 bridgehead atoms. The third-order valence-corrected chi connectivity index (χ3v) is 3.79. The monoisotopic (exact) mass is 232 g/mol. The highest BCUT2D eigenvalue weighted by molar-refractivity contribution is 5.53. The number of ether oxygens (including phenoxy) is 1. The van der Waals surface area contributed by atoms with Crippen LogP contribution in [0, 0.1) is 0 Å². The molecule has 3 nitrogen and oxygen atoms in total. The molecule has 0 saturated carbocycles. The van der Waals surface area contributed by atoms with Gasteiger partial charge in [0.15, 0.2) is 0 Å². The summed E-state index contributed by atoms with van der Waals surface area (Å²) in [6, 6.07) is 9.26. The van der Waals surface area contributed by atoms with Gasteiger partial charge in [0.05, 0.1) is 12.7 Å². The Balaban J connectivity index is 1.71. The van der Waals surface area contributed by atoms with E-state index in [1.165, 1.54) is 11.3 Å². The van der Waals surface area contributed by atoms with E-state index in [9.17, 15) is 0 Å². The number of nitrogens with zero attached hydrogens (tertiary/aromatic N) is 1. The van der Waals surface area contributed by atoms with Crippen molar-refractivity contribution in [3.8, 4) is 0 Å². The molecule has 0 spiro atoms. The fraction of sp³-hybridized carbons (Fsp3) is 0.571. The average molecular weight is 232 g/mol. The SMILES string of the molecule is CC1CN(C2CNc3ccccc3C2)CCO1. The fourth-order valence-electron chi connectivity index (χ4n) is 2.86. The van der Waals surface area contributed by atoms with Gasteiger partial charge in [-0.1, -0.05) is 18.2 Å². The molecule has 1 saturated heterocycles. The van der Waals surface area contributed by atoms with Crippen LogP contribution in [0.5, 0.6) is 0 Å². The van der Waals surface area contributed by atoms with E-state index in [4.69, 9.17) is 4.74 Å². The summed E-state index contributed by atoms with van der Waals surface area (Å²) in [6.45, 7) is 6.23.